The molecule has 0 aliphatic carbocycles. The molecule has 0 aliphatic rings. The summed E-state index contributed by atoms with van der Waals surface area (Å²) in [5.74, 6) is 0. The summed E-state index contributed by atoms with van der Waals surface area (Å²) in [7, 11) is 0. The highest BCUT2D eigenvalue weighted by Crippen LogP contribution is 2.29. The number of halogens is 1. The minimum absolute atomic E-state index is 0.365. The molecule has 98 valence electrons. The summed E-state index contributed by atoms with van der Waals surface area (Å²) in [5, 5.41) is 1.06. The molecule has 0 unspecified atom stereocenters. The van der Waals surface area contributed by atoms with Gasteiger partial charge in [0.1, 0.15) is 0 Å². The molecule has 0 aromatic rings. The summed E-state index contributed by atoms with van der Waals surface area (Å²) >= 11 is 3.62. The predicted molar refractivity (Wildman–Crippen MR) is 76.4 cm³/mol. The molecule has 0 radical (unpaired) electrons. The van der Waals surface area contributed by atoms with E-state index in [0.29, 0.717) is 5.41 Å². The molecule has 0 aromatic heterocycles. The molecule has 1 nitrogen and oxygen atoms in total. The van der Waals surface area contributed by atoms with Crippen molar-refractivity contribution >= 4 is 15.9 Å². The molecular weight excluding hydrogens is 264 g/mol. The second kappa shape index (κ2) is 10.6. The van der Waals surface area contributed by atoms with Crippen LogP contribution >= 0.6 is 15.9 Å². The lowest BCUT2D eigenvalue weighted by Gasteiger charge is -2.29. The van der Waals surface area contributed by atoms with Gasteiger partial charge in [-0.2, -0.15) is 0 Å². The topological polar surface area (TPSA) is 9.23 Å². The van der Waals surface area contributed by atoms with Gasteiger partial charge >= 0.3 is 0 Å². The molecule has 0 amide bonds. The summed E-state index contributed by atoms with van der Waals surface area (Å²) in [4.78, 5) is 0. The molecule has 0 atom stereocenters. The standard InChI is InChI=1S/C14H29BrO/c1-4-7-8-9-10-11-16-13-14(5-2,6-3)12-15/h4-13H2,1-3H3. The normalized spacial score (nSPS) is 12.0. The van der Waals surface area contributed by atoms with Crippen LogP contribution in [0.3, 0.4) is 0 Å². The maximum Gasteiger partial charge on any atom is 0.0530 e. The van der Waals surface area contributed by atoms with E-state index < -0.39 is 0 Å². The van der Waals surface area contributed by atoms with E-state index in [1.165, 1.54) is 44.9 Å². The Labute approximate surface area is 110 Å². The summed E-state index contributed by atoms with van der Waals surface area (Å²) in [6.45, 7) is 8.63. The van der Waals surface area contributed by atoms with Gasteiger partial charge < -0.3 is 4.74 Å². The van der Waals surface area contributed by atoms with Gasteiger partial charge in [0.25, 0.3) is 0 Å². The zero-order chi connectivity index (χ0) is 12.3. The maximum atomic E-state index is 5.82. The largest absolute Gasteiger partial charge is 0.381 e. The maximum absolute atomic E-state index is 5.82. The van der Waals surface area contributed by atoms with Crippen molar-refractivity contribution in [2.75, 3.05) is 18.5 Å². The van der Waals surface area contributed by atoms with Crippen LogP contribution in [0.1, 0.15) is 65.7 Å². The monoisotopic (exact) mass is 292 g/mol. The molecule has 0 spiro atoms. The fourth-order valence-electron chi connectivity index (χ4n) is 1.78. The van der Waals surface area contributed by atoms with Crippen LogP contribution in [-0.4, -0.2) is 18.5 Å². The predicted octanol–water partition coefficient (Wildman–Crippen LogP) is 5.17. The highest BCUT2D eigenvalue weighted by molar-refractivity contribution is 9.09. The molecule has 0 N–H and O–H groups in total. The van der Waals surface area contributed by atoms with Gasteiger partial charge in [0.05, 0.1) is 6.61 Å². The second-order valence-corrected chi connectivity index (χ2v) is 5.37. The van der Waals surface area contributed by atoms with Crippen LogP contribution in [0.4, 0.5) is 0 Å². The number of ether oxygens (including phenoxy) is 1. The first kappa shape index (κ1) is 16.4. The zero-order valence-electron chi connectivity index (χ0n) is 11.4. The lowest BCUT2D eigenvalue weighted by atomic mass is 9.86. The molecule has 0 bridgehead atoms. The van der Waals surface area contributed by atoms with E-state index in [1.807, 2.05) is 0 Å². The van der Waals surface area contributed by atoms with Crippen LogP contribution in [0.2, 0.25) is 0 Å². The van der Waals surface area contributed by atoms with Crippen molar-refractivity contribution in [1.82, 2.24) is 0 Å². The molecule has 16 heavy (non-hydrogen) atoms. The first-order chi connectivity index (χ1) is 7.74. The van der Waals surface area contributed by atoms with Crippen LogP contribution in [0.5, 0.6) is 0 Å². The minimum atomic E-state index is 0.365. The smallest absolute Gasteiger partial charge is 0.0530 e. The summed E-state index contributed by atoms with van der Waals surface area (Å²) in [6.07, 6.45) is 9.01. The summed E-state index contributed by atoms with van der Waals surface area (Å²) < 4.78 is 5.82. The van der Waals surface area contributed by atoms with E-state index in [-0.39, 0.29) is 0 Å². The van der Waals surface area contributed by atoms with E-state index in [1.54, 1.807) is 0 Å². The first-order valence-electron chi connectivity index (χ1n) is 6.88. The average molecular weight is 293 g/mol. The van der Waals surface area contributed by atoms with Crippen LogP contribution in [0, 0.1) is 5.41 Å². The number of unbranched alkanes of at least 4 members (excludes halogenated alkanes) is 4. The fraction of sp³-hybridized carbons (Fsp3) is 1.00. The van der Waals surface area contributed by atoms with Crippen LogP contribution < -0.4 is 0 Å². The molecular formula is C14H29BrO. The van der Waals surface area contributed by atoms with E-state index >= 15 is 0 Å². The number of rotatable bonds is 11. The van der Waals surface area contributed by atoms with Crippen molar-refractivity contribution in [3.05, 3.63) is 0 Å². The zero-order valence-corrected chi connectivity index (χ0v) is 12.9. The van der Waals surface area contributed by atoms with Crippen molar-refractivity contribution < 1.29 is 4.74 Å². The van der Waals surface area contributed by atoms with Crippen molar-refractivity contribution in [2.45, 2.75) is 65.7 Å². The Bertz CT molecular complexity index is 135. The third kappa shape index (κ3) is 6.90. The fourth-order valence-corrected chi connectivity index (χ4v) is 2.73. The highest BCUT2D eigenvalue weighted by atomic mass is 79.9. The van der Waals surface area contributed by atoms with Gasteiger partial charge in [-0.05, 0) is 19.3 Å². The Morgan fingerprint density at radius 2 is 1.56 bits per heavy atom. The van der Waals surface area contributed by atoms with Gasteiger partial charge in [-0.3, -0.25) is 0 Å². The SMILES string of the molecule is CCCCCCCOCC(CC)(CC)CBr. The van der Waals surface area contributed by atoms with Gasteiger partial charge in [0, 0.05) is 17.4 Å². The summed E-state index contributed by atoms with van der Waals surface area (Å²) in [6, 6.07) is 0. The third-order valence-electron chi connectivity index (χ3n) is 3.58. The van der Waals surface area contributed by atoms with Crippen molar-refractivity contribution in [3.63, 3.8) is 0 Å². The molecule has 0 rings (SSSR count). The van der Waals surface area contributed by atoms with E-state index in [4.69, 9.17) is 4.74 Å². The van der Waals surface area contributed by atoms with Crippen LogP contribution in [0.15, 0.2) is 0 Å². The minimum Gasteiger partial charge on any atom is -0.381 e. The van der Waals surface area contributed by atoms with Gasteiger partial charge in [-0.15, -0.1) is 0 Å². The molecule has 0 saturated carbocycles. The number of hydrogen-bond donors (Lipinski definition) is 0. The van der Waals surface area contributed by atoms with E-state index in [0.717, 1.165) is 18.5 Å². The molecule has 0 heterocycles. The van der Waals surface area contributed by atoms with E-state index in [2.05, 4.69) is 36.7 Å². The lowest BCUT2D eigenvalue weighted by Crippen LogP contribution is -2.27. The van der Waals surface area contributed by atoms with Crippen molar-refractivity contribution in [3.8, 4) is 0 Å². The van der Waals surface area contributed by atoms with Gasteiger partial charge in [0.2, 0.25) is 0 Å². The van der Waals surface area contributed by atoms with Crippen molar-refractivity contribution in [1.29, 1.82) is 0 Å². The average Bonchev–Trinajstić information content (AvgIpc) is 2.34. The first-order valence-corrected chi connectivity index (χ1v) is 8.00. The molecule has 0 aliphatic heterocycles. The Kier molecular flexibility index (Phi) is 10.9. The van der Waals surface area contributed by atoms with Gasteiger partial charge in [0.15, 0.2) is 0 Å². The van der Waals surface area contributed by atoms with Crippen molar-refractivity contribution in [2.24, 2.45) is 5.41 Å². The second-order valence-electron chi connectivity index (χ2n) is 4.81. The number of alkyl halides is 1. The van der Waals surface area contributed by atoms with Gasteiger partial charge in [-0.1, -0.05) is 62.4 Å². The molecule has 0 aromatic carbocycles. The van der Waals surface area contributed by atoms with Crippen LogP contribution in [0.25, 0.3) is 0 Å². The van der Waals surface area contributed by atoms with Crippen LogP contribution in [-0.2, 0) is 4.74 Å². The van der Waals surface area contributed by atoms with E-state index in [9.17, 15) is 0 Å². The summed E-state index contributed by atoms with van der Waals surface area (Å²) in [5.41, 5.74) is 0.365. The molecule has 0 fully saturated rings. The Balaban J connectivity index is 3.48. The highest BCUT2D eigenvalue weighted by Gasteiger charge is 2.24. The Morgan fingerprint density at radius 3 is 2.06 bits per heavy atom. The lowest BCUT2D eigenvalue weighted by molar-refractivity contribution is 0.0494. The van der Waals surface area contributed by atoms with Gasteiger partial charge in [-0.25, -0.2) is 0 Å². The third-order valence-corrected chi connectivity index (χ3v) is 4.77. The number of hydrogen-bond acceptors (Lipinski definition) is 1. The molecule has 0 saturated heterocycles. The Hall–Kier alpha value is 0.440. The quantitative estimate of drug-likeness (QED) is 0.377. The Morgan fingerprint density at radius 1 is 0.938 bits per heavy atom. The molecule has 2 heteroatoms.